The lowest BCUT2D eigenvalue weighted by Gasteiger charge is -2.23. The summed E-state index contributed by atoms with van der Waals surface area (Å²) in [6, 6.07) is 5.51. The highest BCUT2D eigenvalue weighted by Gasteiger charge is 2.31. The second-order valence-electron chi connectivity index (χ2n) is 6.51. The number of anilines is 1. The molecule has 0 fully saturated rings. The van der Waals surface area contributed by atoms with Crippen molar-refractivity contribution in [3.8, 4) is 0 Å². The Bertz CT molecular complexity index is 1100. The first kappa shape index (κ1) is 18.8. The number of allylic oxidation sites excluding steroid dienone is 1. The van der Waals surface area contributed by atoms with Gasteiger partial charge in [0.2, 0.25) is 0 Å². The third-order valence-electron chi connectivity index (χ3n) is 4.46. The van der Waals surface area contributed by atoms with Crippen LogP contribution in [-0.2, 0) is 22.1 Å². The number of benzene rings is 1. The molecule has 3 rings (SSSR count). The summed E-state index contributed by atoms with van der Waals surface area (Å²) in [7, 11) is -0.976. The molecule has 1 aliphatic rings. The molecule has 27 heavy (non-hydrogen) atoms. The number of aryl methyl sites for hydroxylation is 4. The molecule has 2 heterocycles. The van der Waals surface area contributed by atoms with Crippen molar-refractivity contribution in [2.24, 2.45) is 11.4 Å². The zero-order chi connectivity index (χ0) is 19.9. The standard InChI is InChI=1S/C18H21N5O3S/c1-11-6-7-14(8-12(11)2)19-18(24)17-9-16(21-27(25,26)23(17)5)15-10-22(4)20-13(15)3/h6-10H,1-5H3,(H,19,24). The monoisotopic (exact) mass is 387 g/mol. The maximum atomic E-state index is 12.8. The van der Waals surface area contributed by atoms with Gasteiger partial charge in [-0.1, -0.05) is 6.07 Å². The van der Waals surface area contributed by atoms with E-state index in [9.17, 15) is 13.2 Å². The minimum absolute atomic E-state index is 0.0125. The van der Waals surface area contributed by atoms with E-state index >= 15 is 0 Å². The SMILES string of the molecule is Cc1ccc(NC(=O)C2=CC(c3cn(C)nc3C)=NS(=O)(=O)N2C)cc1C. The Kier molecular flexibility index (Phi) is 4.64. The lowest BCUT2D eigenvalue weighted by molar-refractivity contribution is -0.113. The summed E-state index contributed by atoms with van der Waals surface area (Å²) in [4.78, 5) is 12.8. The molecule has 1 amide bonds. The summed E-state index contributed by atoms with van der Waals surface area (Å²) < 4.78 is 31.1. The lowest BCUT2D eigenvalue weighted by Crippen LogP contribution is -2.35. The van der Waals surface area contributed by atoms with Crippen molar-refractivity contribution in [2.45, 2.75) is 20.8 Å². The number of nitrogens with one attached hydrogen (secondary N) is 1. The van der Waals surface area contributed by atoms with Crippen LogP contribution in [0, 0.1) is 20.8 Å². The summed E-state index contributed by atoms with van der Waals surface area (Å²) in [6.45, 7) is 5.67. The highest BCUT2D eigenvalue weighted by molar-refractivity contribution is 7.88. The predicted molar refractivity (Wildman–Crippen MR) is 104 cm³/mol. The van der Waals surface area contributed by atoms with Gasteiger partial charge in [-0.05, 0) is 50.1 Å². The average molecular weight is 387 g/mol. The zero-order valence-electron chi connectivity index (χ0n) is 15.8. The molecular formula is C18H21N5O3S. The number of aromatic nitrogens is 2. The first-order valence-electron chi connectivity index (χ1n) is 8.28. The van der Waals surface area contributed by atoms with Crippen LogP contribution >= 0.6 is 0 Å². The Morgan fingerprint density at radius 2 is 1.81 bits per heavy atom. The molecule has 1 aromatic carbocycles. The molecular weight excluding hydrogens is 366 g/mol. The van der Waals surface area contributed by atoms with Crippen LogP contribution in [0.3, 0.4) is 0 Å². The number of carbonyl (C=O) groups is 1. The quantitative estimate of drug-likeness (QED) is 0.869. The topological polar surface area (TPSA) is 96.7 Å². The average Bonchev–Trinajstić information content (AvgIpc) is 2.91. The van der Waals surface area contributed by atoms with E-state index < -0.39 is 16.1 Å². The highest BCUT2D eigenvalue weighted by atomic mass is 32.2. The zero-order valence-corrected chi connectivity index (χ0v) is 16.6. The molecule has 0 aliphatic carbocycles. The summed E-state index contributed by atoms with van der Waals surface area (Å²) in [5.74, 6) is -0.529. The highest BCUT2D eigenvalue weighted by Crippen LogP contribution is 2.22. The van der Waals surface area contributed by atoms with Gasteiger partial charge < -0.3 is 5.32 Å². The Morgan fingerprint density at radius 3 is 2.41 bits per heavy atom. The van der Waals surface area contributed by atoms with Gasteiger partial charge in [0.25, 0.3) is 5.91 Å². The molecule has 1 aromatic heterocycles. The fourth-order valence-electron chi connectivity index (χ4n) is 2.76. The van der Waals surface area contributed by atoms with E-state index in [2.05, 4.69) is 14.8 Å². The molecule has 8 nitrogen and oxygen atoms in total. The van der Waals surface area contributed by atoms with Gasteiger partial charge in [0.1, 0.15) is 5.70 Å². The number of hydrogen-bond donors (Lipinski definition) is 1. The molecule has 9 heteroatoms. The maximum Gasteiger partial charge on any atom is 0.345 e. The molecule has 0 atom stereocenters. The van der Waals surface area contributed by atoms with Crippen LogP contribution in [0.4, 0.5) is 5.69 Å². The van der Waals surface area contributed by atoms with E-state index in [1.807, 2.05) is 26.0 Å². The van der Waals surface area contributed by atoms with Crippen LogP contribution in [0.25, 0.3) is 0 Å². The van der Waals surface area contributed by atoms with Gasteiger partial charge >= 0.3 is 10.2 Å². The number of hydrogen-bond acceptors (Lipinski definition) is 4. The Balaban J connectivity index is 1.99. The van der Waals surface area contributed by atoms with Crippen LogP contribution in [0.15, 0.2) is 40.6 Å². The first-order valence-corrected chi connectivity index (χ1v) is 9.68. The van der Waals surface area contributed by atoms with Gasteiger partial charge in [-0.15, -0.1) is 4.40 Å². The van der Waals surface area contributed by atoms with Gasteiger partial charge in [0, 0.05) is 31.5 Å². The van der Waals surface area contributed by atoms with E-state index in [1.165, 1.54) is 13.1 Å². The van der Waals surface area contributed by atoms with Crippen LogP contribution in [0.5, 0.6) is 0 Å². The van der Waals surface area contributed by atoms with Gasteiger partial charge in [-0.2, -0.15) is 13.5 Å². The van der Waals surface area contributed by atoms with E-state index in [0.29, 0.717) is 16.9 Å². The van der Waals surface area contributed by atoms with Gasteiger partial charge in [-0.25, -0.2) is 4.31 Å². The second kappa shape index (κ2) is 6.66. The predicted octanol–water partition coefficient (Wildman–Crippen LogP) is 1.85. The smallest absolute Gasteiger partial charge is 0.321 e. The number of rotatable bonds is 3. The molecule has 0 radical (unpaired) electrons. The van der Waals surface area contributed by atoms with E-state index in [4.69, 9.17) is 0 Å². The molecule has 1 aliphatic heterocycles. The lowest BCUT2D eigenvalue weighted by atomic mass is 10.1. The molecule has 0 saturated heterocycles. The number of likely N-dealkylation sites (N-methyl/N-ethyl adjacent to an activating group) is 1. The molecule has 0 unspecified atom stereocenters. The third kappa shape index (κ3) is 3.63. The fourth-order valence-corrected chi connectivity index (χ4v) is 3.66. The van der Waals surface area contributed by atoms with Crippen molar-refractivity contribution in [1.29, 1.82) is 0 Å². The maximum absolute atomic E-state index is 12.8. The number of carbonyl (C=O) groups excluding carboxylic acids is 1. The third-order valence-corrected chi connectivity index (χ3v) is 5.78. The molecule has 1 N–H and O–H groups in total. The van der Waals surface area contributed by atoms with Crippen molar-refractivity contribution in [2.75, 3.05) is 12.4 Å². The van der Waals surface area contributed by atoms with Gasteiger partial charge in [0.05, 0.1) is 11.4 Å². The van der Waals surface area contributed by atoms with E-state index in [-0.39, 0.29) is 11.4 Å². The fraction of sp³-hybridized carbons (Fsp3) is 0.278. The largest absolute Gasteiger partial charge is 0.345 e. The minimum atomic E-state index is -4.01. The summed E-state index contributed by atoms with van der Waals surface area (Å²) in [5.41, 5.74) is 4.08. The van der Waals surface area contributed by atoms with Crippen LogP contribution in [0.1, 0.15) is 22.4 Å². The first-order chi connectivity index (χ1) is 12.6. The van der Waals surface area contributed by atoms with Gasteiger partial charge in [-0.3, -0.25) is 9.48 Å². The molecule has 2 aromatic rings. The number of amides is 1. The summed E-state index contributed by atoms with van der Waals surface area (Å²) in [6.07, 6.45) is 3.13. The van der Waals surface area contributed by atoms with E-state index in [1.54, 1.807) is 30.9 Å². The Morgan fingerprint density at radius 1 is 1.11 bits per heavy atom. The summed E-state index contributed by atoms with van der Waals surface area (Å²) in [5, 5.41) is 6.96. The van der Waals surface area contributed by atoms with Crippen LogP contribution < -0.4 is 5.32 Å². The second-order valence-corrected chi connectivity index (χ2v) is 8.13. The Hall–Kier alpha value is -2.94. The van der Waals surface area contributed by atoms with Crippen LogP contribution in [-0.4, -0.2) is 41.2 Å². The molecule has 0 bridgehead atoms. The van der Waals surface area contributed by atoms with Crippen molar-refractivity contribution < 1.29 is 13.2 Å². The van der Waals surface area contributed by atoms with Crippen molar-refractivity contribution in [1.82, 2.24) is 14.1 Å². The van der Waals surface area contributed by atoms with Crippen molar-refractivity contribution in [3.05, 3.63) is 58.6 Å². The minimum Gasteiger partial charge on any atom is -0.321 e. The Labute approximate surface area is 158 Å². The van der Waals surface area contributed by atoms with Crippen LogP contribution in [0.2, 0.25) is 0 Å². The van der Waals surface area contributed by atoms with Crippen molar-refractivity contribution in [3.63, 3.8) is 0 Å². The number of nitrogens with zero attached hydrogens (tertiary/aromatic N) is 4. The van der Waals surface area contributed by atoms with E-state index in [0.717, 1.165) is 15.4 Å². The molecule has 0 saturated carbocycles. The van der Waals surface area contributed by atoms with Gasteiger partial charge in [0.15, 0.2) is 0 Å². The van der Waals surface area contributed by atoms with Crippen molar-refractivity contribution >= 4 is 27.5 Å². The normalized spacial score (nSPS) is 16.0. The molecule has 0 spiro atoms. The molecule has 142 valence electrons. The summed E-state index contributed by atoms with van der Waals surface area (Å²) >= 11 is 0.